The summed E-state index contributed by atoms with van der Waals surface area (Å²) in [7, 11) is 1.99. The van der Waals surface area contributed by atoms with E-state index < -0.39 is 0 Å². The number of nitrogens with one attached hydrogen (secondary N) is 1. The van der Waals surface area contributed by atoms with Gasteiger partial charge >= 0.3 is 6.03 Å². The molecule has 1 N–H and O–H groups in total. The van der Waals surface area contributed by atoms with Crippen LogP contribution in [-0.2, 0) is 24.8 Å². The normalized spacial score (nSPS) is 13.4. The molecule has 1 saturated carbocycles. The predicted octanol–water partition coefficient (Wildman–Crippen LogP) is 4.02. The van der Waals surface area contributed by atoms with Gasteiger partial charge in [-0.1, -0.05) is 19.1 Å². The van der Waals surface area contributed by atoms with Gasteiger partial charge in [0.15, 0.2) is 0 Å². The van der Waals surface area contributed by atoms with Crippen LogP contribution in [0.2, 0.25) is 0 Å². The van der Waals surface area contributed by atoms with Gasteiger partial charge in [0, 0.05) is 36.7 Å². The fraction of sp³-hybridized carbons (Fsp3) is 0.478. The zero-order valence-electron chi connectivity index (χ0n) is 17.9. The van der Waals surface area contributed by atoms with E-state index in [9.17, 15) is 9.59 Å². The van der Waals surface area contributed by atoms with Gasteiger partial charge in [-0.2, -0.15) is 0 Å². The zero-order valence-corrected chi connectivity index (χ0v) is 17.9. The van der Waals surface area contributed by atoms with Crippen molar-refractivity contribution in [1.82, 2.24) is 14.4 Å². The number of benzene rings is 1. The summed E-state index contributed by atoms with van der Waals surface area (Å²) in [6.45, 7) is 6.63. The van der Waals surface area contributed by atoms with Crippen LogP contribution in [0.1, 0.15) is 44.9 Å². The Morgan fingerprint density at radius 3 is 2.38 bits per heavy atom. The van der Waals surface area contributed by atoms with Crippen LogP contribution in [0.25, 0.3) is 0 Å². The molecular formula is C23H32N4O2. The van der Waals surface area contributed by atoms with Crippen LogP contribution < -0.4 is 5.32 Å². The van der Waals surface area contributed by atoms with Gasteiger partial charge < -0.3 is 19.7 Å². The lowest BCUT2D eigenvalue weighted by atomic mass is 10.1. The first-order valence-corrected chi connectivity index (χ1v) is 10.4. The second-order valence-electron chi connectivity index (χ2n) is 8.07. The molecule has 0 atom stereocenters. The molecule has 0 radical (unpaired) electrons. The minimum absolute atomic E-state index is 0.00104. The number of carbonyl (C=O) groups excluding carboxylic acids is 2. The van der Waals surface area contributed by atoms with Crippen LogP contribution in [0.5, 0.6) is 0 Å². The molecule has 2 aromatic rings. The molecule has 6 heteroatoms. The Morgan fingerprint density at radius 2 is 1.86 bits per heavy atom. The minimum atomic E-state index is -0.243. The third kappa shape index (κ3) is 5.40. The summed E-state index contributed by atoms with van der Waals surface area (Å²) in [4.78, 5) is 29.5. The topological polar surface area (TPSA) is 57.6 Å². The lowest BCUT2D eigenvalue weighted by Crippen LogP contribution is -2.48. The molecule has 3 rings (SSSR count). The highest BCUT2D eigenvalue weighted by Gasteiger charge is 2.34. The van der Waals surface area contributed by atoms with Crippen molar-refractivity contribution in [3.05, 3.63) is 53.9 Å². The summed E-state index contributed by atoms with van der Waals surface area (Å²) in [5.74, 6) is -0.00104. The number of rotatable bonds is 8. The fourth-order valence-corrected chi connectivity index (χ4v) is 3.39. The molecule has 1 aromatic heterocycles. The van der Waals surface area contributed by atoms with Crippen molar-refractivity contribution in [1.29, 1.82) is 0 Å². The van der Waals surface area contributed by atoms with Gasteiger partial charge in [-0.3, -0.25) is 4.79 Å². The zero-order chi connectivity index (χ0) is 21.0. The van der Waals surface area contributed by atoms with Gasteiger partial charge in [0.2, 0.25) is 5.91 Å². The lowest BCUT2D eigenvalue weighted by Gasteiger charge is -2.30. The van der Waals surface area contributed by atoms with Gasteiger partial charge in [-0.15, -0.1) is 0 Å². The summed E-state index contributed by atoms with van der Waals surface area (Å²) >= 11 is 0. The second-order valence-corrected chi connectivity index (χ2v) is 8.07. The predicted molar refractivity (Wildman–Crippen MR) is 116 cm³/mol. The van der Waals surface area contributed by atoms with Gasteiger partial charge in [0.25, 0.3) is 0 Å². The van der Waals surface area contributed by atoms with E-state index in [1.54, 1.807) is 4.90 Å². The van der Waals surface area contributed by atoms with Crippen LogP contribution >= 0.6 is 0 Å². The third-order valence-electron chi connectivity index (χ3n) is 5.49. The average molecular weight is 397 g/mol. The quantitative estimate of drug-likeness (QED) is 0.733. The molecule has 156 valence electrons. The smallest absolute Gasteiger partial charge is 0.322 e. The monoisotopic (exact) mass is 396 g/mol. The van der Waals surface area contributed by atoms with Crippen molar-refractivity contribution in [2.45, 2.75) is 58.7 Å². The largest absolute Gasteiger partial charge is 0.353 e. The van der Waals surface area contributed by atoms with Crippen LogP contribution in [0.3, 0.4) is 0 Å². The van der Waals surface area contributed by atoms with E-state index in [1.165, 1.54) is 5.56 Å². The molecule has 1 heterocycles. The van der Waals surface area contributed by atoms with Crippen LogP contribution in [-0.4, -0.2) is 44.9 Å². The molecule has 0 saturated heterocycles. The summed E-state index contributed by atoms with van der Waals surface area (Å²) in [6.07, 6.45) is 5.02. The summed E-state index contributed by atoms with van der Waals surface area (Å²) in [5.41, 5.74) is 3.06. The van der Waals surface area contributed by atoms with Crippen molar-refractivity contribution in [2.24, 2.45) is 7.05 Å². The summed E-state index contributed by atoms with van der Waals surface area (Å²) in [6, 6.07) is 11.8. The number of aromatic nitrogens is 1. The van der Waals surface area contributed by atoms with Crippen molar-refractivity contribution in [3.8, 4) is 0 Å². The molecule has 0 aliphatic heterocycles. The van der Waals surface area contributed by atoms with E-state index in [1.807, 2.05) is 73.0 Å². The first kappa shape index (κ1) is 21.0. The van der Waals surface area contributed by atoms with Crippen molar-refractivity contribution in [2.75, 3.05) is 11.9 Å². The number of urea groups is 1. The summed E-state index contributed by atoms with van der Waals surface area (Å²) in [5, 5.41) is 2.93. The second kappa shape index (κ2) is 9.16. The SMILES string of the molecule is CCc1ccc(NC(=O)N(CC(=O)N(Cc2cccn2C)C2CC2)C(C)C)cc1. The number of hydrogen-bond donors (Lipinski definition) is 1. The third-order valence-corrected chi connectivity index (χ3v) is 5.49. The fourth-order valence-electron chi connectivity index (χ4n) is 3.39. The van der Waals surface area contributed by atoms with Crippen LogP contribution in [0.4, 0.5) is 10.5 Å². The molecule has 1 aliphatic rings. The molecule has 0 unspecified atom stereocenters. The summed E-state index contributed by atoms with van der Waals surface area (Å²) < 4.78 is 2.04. The average Bonchev–Trinajstić information content (AvgIpc) is 3.46. The molecule has 0 spiro atoms. The first-order chi connectivity index (χ1) is 13.9. The Kier molecular flexibility index (Phi) is 6.62. The van der Waals surface area contributed by atoms with E-state index in [0.29, 0.717) is 6.54 Å². The number of nitrogens with zero attached hydrogens (tertiary/aromatic N) is 3. The van der Waals surface area contributed by atoms with E-state index in [2.05, 4.69) is 12.2 Å². The maximum atomic E-state index is 13.1. The molecule has 6 nitrogen and oxygen atoms in total. The maximum Gasteiger partial charge on any atom is 0.322 e. The maximum absolute atomic E-state index is 13.1. The standard InChI is InChI=1S/C23H32N4O2/c1-5-18-8-10-19(11-9-18)24-23(29)26(17(2)3)16-22(28)27(20-12-13-20)15-21-7-6-14-25(21)4/h6-11,14,17,20H,5,12-13,15-16H2,1-4H3,(H,24,29). The number of hydrogen-bond acceptors (Lipinski definition) is 2. The first-order valence-electron chi connectivity index (χ1n) is 10.4. The van der Waals surface area contributed by atoms with Gasteiger partial charge in [0.05, 0.1) is 6.54 Å². The van der Waals surface area contributed by atoms with E-state index in [-0.39, 0.29) is 30.6 Å². The van der Waals surface area contributed by atoms with Crippen molar-refractivity contribution in [3.63, 3.8) is 0 Å². The van der Waals surface area contributed by atoms with Gasteiger partial charge in [-0.05, 0) is 62.9 Å². The number of amides is 3. The molecule has 1 aliphatic carbocycles. The Bertz CT molecular complexity index is 837. The highest BCUT2D eigenvalue weighted by molar-refractivity contribution is 5.92. The number of carbonyl (C=O) groups is 2. The highest BCUT2D eigenvalue weighted by atomic mass is 16.2. The van der Waals surface area contributed by atoms with Gasteiger partial charge in [0.1, 0.15) is 6.54 Å². The number of anilines is 1. The molecule has 1 aromatic carbocycles. The Hall–Kier alpha value is -2.76. The number of aryl methyl sites for hydroxylation is 2. The molecule has 29 heavy (non-hydrogen) atoms. The van der Waals surface area contributed by atoms with Crippen molar-refractivity contribution < 1.29 is 9.59 Å². The van der Waals surface area contributed by atoms with Crippen molar-refractivity contribution >= 4 is 17.6 Å². The minimum Gasteiger partial charge on any atom is -0.353 e. The van der Waals surface area contributed by atoms with Gasteiger partial charge in [-0.25, -0.2) is 4.79 Å². The lowest BCUT2D eigenvalue weighted by molar-refractivity contribution is -0.133. The molecular weight excluding hydrogens is 364 g/mol. The molecule has 0 bridgehead atoms. The Balaban J connectivity index is 1.66. The van der Waals surface area contributed by atoms with Crippen LogP contribution in [0.15, 0.2) is 42.6 Å². The van der Waals surface area contributed by atoms with E-state index in [0.717, 1.165) is 30.6 Å². The Labute approximate surface area is 173 Å². The molecule has 1 fully saturated rings. The van der Waals surface area contributed by atoms with Crippen LogP contribution in [0, 0.1) is 0 Å². The Morgan fingerprint density at radius 1 is 1.17 bits per heavy atom. The highest BCUT2D eigenvalue weighted by Crippen LogP contribution is 2.28. The molecule has 3 amide bonds. The van der Waals surface area contributed by atoms with E-state index >= 15 is 0 Å². The van der Waals surface area contributed by atoms with E-state index in [4.69, 9.17) is 0 Å².